The van der Waals surface area contributed by atoms with Crippen LogP contribution >= 0.6 is 0 Å². The van der Waals surface area contributed by atoms with Crippen molar-refractivity contribution in [2.24, 2.45) is 0 Å². The van der Waals surface area contributed by atoms with Crippen LogP contribution in [0.2, 0.25) is 0 Å². The van der Waals surface area contributed by atoms with Crippen LogP contribution in [0.15, 0.2) is 18.2 Å². The fraction of sp³-hybridized carbons (Fsp3) is 0.381. The second-order valence-electron chi connectivity index (χ2n) is 7.10. The summed E-state index contributed by atoms with van der Waals surface area (Å²) in [5, 5.41) is 5.98. The molecule has 2 aromatic carbocycles. The van der Waals surface area contributed by atoms with Gasteiger partial charge in [0.05, 0.1) is 13.2 Å². The van der Waals surface area contributed by atoms with Gasteiger partial charge in [0, 0.05) is 41.8 Å². The highest BCUT2D eigenvalue weighted by atomic mass is 16.5. The minimum Gasteiger partial charge on any atom is -0.493 e. The summed E-state index contributed by atoms with van der Waals surface area (Å²) < 4.78 is 11.6. The van der Waals surface area contributed by atoms with E-state index < -0.39 is 0 Å². The summed E-state index contributed by atoms with van der Waals surface area (Å²) in [7, 11) is 0. The molecule has 2 amide bonds. The average Bonchev–Trinajstić information content (AvgIpc) is 3.23. The van der Waals surface area contributed by atoms with Crippen molar-refractivity contribution in [1.29, 1.82) is 0 Å². The first-order valence-electron chi connectivity index (χ1n) is 9.09. The number of carbonyl (C=O) groups is 1. The molecule has 4 rings (SSSR count). The van der Waals surface area contributed by atoms with Crippen molar-refractivity contribution in [1.82, 2.24) is 5.32 Å². The zero-order chi connectivity index (χ0) is 18.3. The van der Waals surface area contributed by atoms with Gasteiger partial charge in [-0.1, -0.05) is 17.7 Å². The maximum absolute atomic E-state index is 12.5. The number of ether oxygens (including phenoxy) is 2. The molecule has 0 atom stereocenters. The standard InChI is InChI=1S/C21H24N2O3/c1-12-8-13(2)19(14(3)9-12)23-21(24)22-11-17-16-5-7-25-18(16)10-15-4-6-26-20(15)17/h8-10H,4-7,11H2,1-3H3,(H2,22,23,24). The highest BCUT2D eigenvalue weighted by molar-refractivity contribution is 5.91. The Morgan fingerprint density at radius 1 is 1.04 bits per heavy atom. The molecule has 0 saturated carbocycles. The molecule has 26 heavy (non-hydrogen) atoms. The van der Waals surface area contributed by atoms with E-state index in [1.54, 1.807) is 0 Å². The van der Waals surface area contributed by atoms with Crippen LogP contribution in [0.25, 0.3) is 0 Å². The molecule has 136 valence electrons. The van der Waals surface area contributed by atoms with E-state index in [1.807, 2.05) is 13.8 Å². The molecule has 2 aliphatic rings. The van der Waals surface area contributed by atoms with Crippen LogP contribution in [-0.4, -0.2) is 19.2 Å². The summed E-state index contributed by atoms with van der Waals surface area (Å²) in [6.45, 7) is 7.90. The van der Waals surface area contributed by atoms with Gasteiger partial charge in [-0.05, 0) is 38.0 Å². The first kappa shape index (κ1) is 16.8. The number of urea groups is 1. The number of carbonyl (C=O) groups excluding carboxylic acids is 1. The number of hydrogen-bond acceptors (Lipinski definition) is 3. The van der Waals surface area contributed by atoms with Crippen molar-refractivity contribution < 1.29 is 14.3 Å². The Hall–Kier alpha value is -2.69. The maximum atomic E-state index is 12.5. The zero-order valence-corrected chi connectivity index (χ0v) is 15.5. The van der Waals surface area contributed by atoms with E-state index >= 15 is 0 Å². The van der Waals surface area contributed by atoms with E-state index in [2.05, 4.69) is 35.8 Å². The molecule has 0 aromatic heterocycles. The molecule has 5 heteroatoms. The number of fused-ring (bicyclic) bond motifs is 2. The molecule has 2 N–H and O–H groups in total. The van der Waals surface area contributed by atoms with E-state index in [0.29, 0.717) is 19.8 Å². The number of anilines is 1. The molecule has 0 spiro atoms. The van der Waals surface area contributed by atoms with E-state index in [1.165, 1.54) is 11.1 Å². The van der Waals surface area contributed by atoms with Crippen molar-refractivity contribution in [2.75, 3.05) is 18.5 Å². The molecule has 0 bridgehead atoms. The van der Waals surface area contributed by atoms with Crippen molar-refractivity contribution >= 4 is 11.7 Å². The van der Waals surface area contributed by atoms with Gasteiger partial charge < -0.3 is 20.1 Å². The molecule has 2 heterocycles. The van der Waals surface area contributed by atoms with Crippen molar-refractivity contribution in [3.8, 4) is 11.5 Å². The lowest BCUT2D eigenvalue weighted by Gasteiger charge is -2.16. The minimum atomic E-state index is -0.205. The highest BCUT2D eigenvalue weighted by Gasteiger charge is 2.26. The summed E-state index contributed by atoms with van der Waals surface area (Å²) in [5.74, 6) is 1.87. The SMILES string of the molecule is Cc1cc(C)c(NC(=O)NCc2c3c(cc4c2OCC4)OCC3)c(C)c1. The van der Waals surface area contributed by atoms with Crippen molar-refractivity contribution in [2.45, 2.75) is 40.2 Å². The second kappa shape index (κ2) is 6.56. The van der Waals surface area contributed by atoms with Crippen LogP contribution < -0.4 is 20.1 Å². The average molecular weight is 352 g/mol. The molecule has 0 fully saturated rings. The van der Waals surface area contributed by atoms with Gasteiger partial charge >= 0.3 is 6.03 Å². The lowest BCUT2D eigenvalue weighted by Crippen LogP contribution is -2.29. The van der Waals surface area contributed by atoms with Crippen LogP contribution in [0.5, 0.6) is 11.5 Å². The molecule has 0 saturated heterocycles. The number of hydrogen-bond donors (Lipinski definition) is 2. The van der Waals surface area contributed by atoms with Gasteiger partial charge in [0.2, 0.25) is 0 Å². The minimum absolute atomic E-state index is 0.205. The van der Waals surface area contributed by atoms with Crippen LogP contribution in [0.1, 0.15) is 33.4 Å². The summed E-state index contributed by atoms with van der Waals surface area (Å²) in [6, 6.07) is 6.03. The molecule has 0 radical (unpaired) electrons. The third-order valence-electron chi connectivity index (χ3n) is 5.10. The lowest BCUT2D eigenvalue weighted by atomic mass is 9.99. The Balaban J connectivity index is 1.51. The van der Waals surface area contributed by atoms with Crippen molar-refractivity contribution in [3.05, 3.63) is 51.6 Å². The molecule has 0 aliphatic carbocycles. The summed E-state index contributed by atoms with van der Waals surface area (Å²) >= 11 is 0. The first-order valence-corrected chi connectivity index (χ1v) is 9.09. The van der Waals surface area contributed by atoms with Gasteiger partial charge in [-0.3, -0.25) is 0 Å². The maximum Gasteiger partial charge on any atom is 0.319 e. The number of benzene rings is 2. The monoisotopic (exact) mass is 352 g/mol. The van der Waals surface area contributed by atoms with Crippen LogP contribution in [0.3, 0.4) is 0 Å². The molecule has 0 unspecified atom stereocenters. The van der Waals surface area contributed by atoms with E-state index in [-0.39, 0.29) is 6.03 Å². The summed E-state index contributed by atoms with van der Waals surface area (Å²) in [4.78, 5) is 12.5. The quantitative estimate of drug-likeness (QED) is 0.883. The smallest absolute Gasteiger partial charge is 0.319 e. The normalized spacial score (nSPS) is 14.3. The third-order valence-corrected chi connectivity index (χ3v) is 5.10. The fourth-order valence-corrected chi connectivity index (χ4v) is 3.98. The second-order valence-corrected chi connectivity index (χ2v) is 7.10. The third kappa shape index (κ3) is 2.98. The molecule has 5 nitrogen and oxygen atoms in total. The Morgan fingerprint density at radius 2 is 1.77 bits per heavy atom. The number of nitrogens with one attached hydrogen (secondary N) is 2. The number of rotatable bonds is 3. The first-order chi connectivity index (χ1) is 12.5. The van der Waals surface area contributed by atoms with E-state index in [9.17, 15) is 4.79 Å². The van der Waals surface area contributed by atoms with Gasteiger partial charge in [-0.15, -0.1) is 0 Å². The van der Waals surface area contributed by atoms with Crippen LogP contribution in [0, 0.1) is 20.8 Å². The van der Waals surface area contributed by atoms with E-state index in [4.69, 9.17) is 9.47 Å². The predicted molar refractivity (Wildman–Crippen MR) is 101 cm³/mol. The molecule has 2 aliphatic heterocycles. The van der Waals surface area contributed by atoms with Gasteiger partial charge in [0.15, 0.2) is 0 Å². The summed E-state index contributed by atoms with van der Waals surface area (Å²) in [5.41, 5.74) is 7.59. The zero-order valence-electron chi connectivity index (χ0n) is 15.5. The summed E-state index contributed by atoms with van der Waals surface area (Å²) in [6.07, 6.45) is 1.76. The number of amides is 2. The Bertz CT molecular complexity index is 834. The molecular formula is C21H24N2O3. The van der Waals surface area contributed by atoms with Gasteiger partial charge in [-0.25, -0.2) is 4.79 Å². The Labute approximate surface area is 153 Å². The van der Waals surface area contributed by atoms with Gasteiger partial charge in [0.1, 0.15) is 11.5 Å². The van der Waals surface area contributed by atoms with Crippen LogP contribution in [-0.2, 0) is 19.4 Å². The highest BCUT2D eigenvalue weighted by Crippen LogP contribution is 2.40. The largest absolute Gasteiger partial charge is 0.493 e. The fourth-order valence-electron chi connectivity index (χ4n) is 3.98. The molecular weight excluding hydrogens is 328 g/mol. The molecule has 2 aromatic rings. The predicted octanol–water partition coefficient (Wildman–Crippen LogP) is 3.80. The van der Waals surface area contributed by atoms with Gasteiger partial charge in [0.25, 0.3) is 0 Å². The topological polar surface area (TPSA) is 59.6 Å². The Morgan fingerprint density at radius 3 is 2.54 bits per heavy atom. The van der Waals surface area contributed by atoms with Crippen molar-refractivity contribution in [3.63, 3.8) is 0 Å². The van der Waals surface area contributed by atoms with Crippen LogP contribution in [0.4, 0.5) is 10.5 Å². The van der Waals surface area contributed by atoms with E-state index in [0.717, 1.165) is 52.3 Å². The lowest BCUT2D eigenvalue weighted by molar-refractivity contribution is 0.251. The number of aryl methyl sites for hydroxylation is 3. The van der Waals surface area contributed by atoms with Gasteiger partial charge in [-0.2, -0.15) is 0 Å². The Kier molecular flexibility index (Phi) is 4.23.